The maximum Gasteiger partial charge on any atom is 0.300 e. The third kappa shape index (κ3) is 3.05. The van der Waals surface area contributed by atoms with Gasteiger partial charge in [0.25, 0.3) is 11.8 Å². The van der Waals surface area contributed by atoms with E-state index < -0.39 is 12.2 Å². The van der Waals surface area contributed by atoms with Gasteiger partial charge in [0.1, 0.15) is 0 Å². The Hall–Kier alpha value is -2.91. The number of rotatable bonds is 5. The lowest BCUT2D eigenvalue weighted by atomic mass is 10.3. The van der Waals surface area contributed by atoms with E-state index in [1.54, 1.807) is 13.0 Å². The Morgan fingerprint density at radius 1 is 1.18 bits per heavy atom. The van der Waals surface area contributed by atoms with Gasteiger partial charge in [-0.25, -0.2) is 13.8 Å². The van der Waals surface area contributed by atoms with Crippen molar-refractivity contribution >= 4 is 0 Å². The fourth-order valence-electron chi connectivity index (χ4n) is 1.57. The Morgan fingerprint density at radius 3 is 2.64 bits per heavy atom. The van der Waals surface area contributed by atoms with E-state index in [9.17, 15) is 8.78 Å². The lowest BCUT2D eigenvalue weighted by Gasteiger charge is -2.01. The first kappa shape index (κ1) is 14.0. The van der Waals surface area contributed by atoms with E-state index in [0.29, 0.717) is 23.2 Å². The first-order valence-electron chi connectivity index (χ1n) is 6.12. The zero-order valence-electron chi connectivity index (χ0n) is 11.2. The maximum atomic E-state index is 12.4. The van der Waals surface area contributed by atoms with Crippen molar-refractivity contribution in [3.05, 3.63) is 35.9 Å². The highest BCUT2D eigenvalue weighted by Crippen LogP contribution is 2.22. The molecular weight excluding hydrogens is 300 g/mol. The number of hydrogen-bond donors (Lipinski definition) is 0. The lowest BCUT2D eigenvalue weighted by molar-refractivity contribution is 0.136. The van der Waals surface area contributed by atoms with Gasteiger partial charge < -0.3 is 13.8 Å². The minimum atomic E-state index is -2.79. The van der Waals surface area contributed by atoms with E-state index in [1.807, 2.05) is 0 Å². The van der Waals surface area contributed by atoms with E-state index in [4.69, 9.17) is 13.8 Å². The highest BCUT2D eigenvalue weighted by atomic mass is 19.3. The first-order chi connectivity index (χ1) is 10.6. The number of aromatic nitrogens is 5. The zero-order valence-corrected chi connectivity index (χ0v) is 11.2. The summed E-state index contributed by atoms with van der Waals surface area (Å²) in [5.41, 5.74) is 0.403. The summed E-state index contributed by atoms with van der Waals surface area (Å²) in [6, 6.07) is 3.09. The van der Waals surface area contributed by atoms with Gasteiger partial charge in [0.05, 0.1) is 5.56 Å². The van der Waals surface area contributed by atoms with Gasteiger partial charge in [0, 0.05) is 12.3 Å². The van der Waals surface area contributed by atoms with Crippen LogP contribution in [0.3, 0.4) is 0 Å². The largest absolute Gasteiger partial charge is 0.468 e. The quantitative estimate of drug-likeness (QED) is 0.708. The first-order valence-corrected chi connectivity index (χ1v) is 6.12. The van der Waals surface area contributed by atoms with Crippen LogP contribution < -0.4 is 4.74 Å². The molecule has 0 atom stereocenters. The summed E-state index contributed by atoms with van der Waals surface area (Å²) in [7, 11) is 0. The van der Waals surface area contributed by atoms with Gasteiger partial charge >= 0.3 is 6.43 Å². The molecule has 3 rings (SSSR count). The second kappa shape index (κ2) is 5.84. The molecule has 114 valence electrons. The molecule has 0 saturated carbocycles. The number of aryl methyl sites for hydroxylation is 1. The summed E-state index contributed by atoms with van der Waals surface area (Å²) in [5.74, 6) is 0.423. The minimum absolute atomic E-state index is 0.0399. The number of halogens is 2. The minimum Gasteiger partial charge on any atom is -0.468 e. The highest BCUT2D eigenvalue weighted by molar-refractivity contribution is 5.51. The van der Waals surface area contributed by atoms with Crippen LogP contribution in [0.4, 0.5) is 8.78 Å². The molecule has 0 aliphatic carbocycles. The maximum absolute atomic E-state index is 12.4. The fraction of sp³-hybridized carbons (Fsp3) is 0.250. The molecule has 0 spiro atoms. The molecule has 0 aromatic carbocycles. The van der Waals surface area contributed by atoms with Crippen LogP contribution >= 0.6 is 0 Å². The van der Waals surface area contributed by atoms with Crippen molar-refractivity contribution in [2.45, 2.75) is 20.0 Å². The molecule has 0 aliphatic rings. The predicted molar refractivity (Wildman–Crippen MR) is 65.9 cm³/mol. The molecule has 0 saturated heterocycles. The second-order valence-corrected chi connectivity index (χ2v) is 4.17. The topological polar surface area (TPSA) is 100.0 Å². The average molecular weight is 309 g/mol. The molecule has 22 heavy (non-hydrogen) atoms. The molecule has 3 aromatic rings. The monoisotopic (exact) mass is 309 g/mol. The molecule has 0 fully saturated rings. The van der Waals surface area contributed by atoms with Crippen molar-refractivity contribution in [3.63, 3.8) is 0 Å². The van der Waals surface area contributed by atoms with Gasteiger partial charge in [-0.3, -0.25) is 0 Å². The van der Waals surface area contributed by atoms with Crippen LogP contribution in [0.1, 0.15) is 24.0 Å². The summed E-state index contributed by atoms with van der Waals surface area (Å²) in [6.07, 6.45) is -1.41. The van der Waals surface area contributed by atoms with Crippen molar-refractivity contribution in [2.24, 2.45) is 0 Å². The van der Waals surface area contributed by atoms with Gasteiger partial charge in [-0.2, -0.15) is 9.97 Å². The molecule has 0 N–H and O–H groups in total. The summed E-state index contributed by atoms with van der Waals surface area (Å²) >= 11 is 0. The van der Waals surface area contributed by atoms with E-state index in [-0.39, 0.29) is 12.5 Å². The summed E-state index contributed by atoms with van der Waals surface area (Å²) in [6.45, 7) is 1.77. The Balaban J connectivity index is 1.66. The lowest BCUT2D eigenvalue weighted by Crippen LogP contribution is -1.97. The summed E-state index contributed by atoms with van der Waals surface area (Å²) in [5, 5.41) is 6.79. The van der Waals surface area contributed by atoms with Gasteiger partial charge in [0.2, 0.25) is 11.7 Å². The predicted octanol–water partition coefficient (Wildman–Crippen LogP) is 2.34. The third-order valence-corrected chi connectivity index (χ3v) is 2.53. The van der Waals surface area contributed by atoms with Crippen LogP contribution in [0.15, 0.2) is 27.4 Å². The Morgan fingerprint density at radius 2 is 2.05 bits per heavy atom. The smallest absolute Gasteiger partial charge is 0.300 e. The van der Waals surface area contributed by atoms with E-state index in [0.717, 1.165) is 0 Å². The van der Waals surface area contributed by atoms with Crippen molar-refractivity contribution < 1.29 is 22.6 Å². The van der Waals surface area contributed by atoms with Gasteiger partial charge in [-0.15, -0.1) is 0 Å². The van der Waals surface area contributed by atoms with Gasteiger partial charge in [0.15, 0.2) is 12.4 Å². The van der Waals surface area contributed by atoms with Crippen LogP contribution in [0.5, 0.6) is 5.88 Å². The van der Waals surface area contributed by atoms with Crippen LogP contribution in [0, 0.1) is 6.92 Å². The van der Waals surface area contributed by atoms with Crippen LogP contribution in [-0.4, -0.2) is 25.3 Å². The van der Waals surface area contributed by atoms with E-state index in [1.165, 1.54) is 12.3 Å². The van der Waals surface area contributed by atoms with Crippen LogP contribution in [0.2, 0.25) is 0 Å². The average Bonchev–Trinajstić information content (AvgIpc) is 3.15. The standard InChI is InChI=1S/C12H9F2N5O3/c1-6-16-9(21-18-6)5-20-8-3-2-7(4-15-8)12-17-11(10(13)14)19-22-12/h2-4,10H,5H2,1H3. The van der Waals surface area contributed by atoms with Gasteiger partial charge in [-0.05, 0) is 13.0 Å². The molecule has 3 heterocycles. The molecule has 8 nitrogen and oxygen atoms in total. The van der Waals surface area contributed by atoms with Crippen molar-refractivity contribution in [1.82, 2.24) is 25.3 Å². The molecule has 0 amide bonds. The molecule has 0 radical (unpaired) electrons. The molecular formula is C12H9F2N5O3. The number of nitrogens with zero attached hydrogens (tertiary/aromatic N) is 5. The molecule has 3 aromatic heterocycles. The van der Waals surface area contributed by atoms with E-state index in [2.05, 4.69) is 25.3 Å². The molecule has 0 bridgehead atoms. The van der Waals surface area contributed by atoms with Crippen molar-refractivity contribution in [3.8, 4) is 17.3 Å². The molecule has 0 aliphatic heterocycles. The van der Waals surface area contributed by atoms with Crippen LogP contribution in [0.25, 0.3) is 11.5 Å². The number of ether oxygens (including phenoxy) is 1. The second-order valence-electron chi connectivity index (χ2n) is 4.17. The Kier molecular flexibility index (Phi) is 3.73. The SMILES string of the molecule is Cc1noc(COc2ccc(-c3nc(C(F)F)no3)cn2)n1. The van der Waals surface area contributed by atoms with Crippen LogP contribution in [-0.2, 0) is 6.61 Å². The number of alkyl halides is 2. The Labute approximate surface area is 122 Å². The van der Waals surface area contributed by atoms with Crippen molar-refractivity contribution in [2.75, 3.05) is 0 Å². The third-order valence-electron chi connectivity index (χ3n) is 2.53. The van der Waals surface area contributed by atoms with Crippen molar-refractivity contribution in [1.29, 1.82) is 0 Å². The molecule has 0 unspecified atom stereocenters. The highest BCUT2D eigenvalue weighted by Gasteiger charge is 2.17. The zero-order chi connectivity index (χ0) is 15.5. The normalized spacial score (nSPS) is 11.1. The summed E-state index contributed by atoms with van der Waals surface area (Å²) in [4.78, 5) is 11.5. The fourth-order valence-corrected chi connectivity index (χ4v) is 1.57. The van der Waals surface area contributed by atoms with E-state index >= 15 is 0 Å². The molecule has 10 heteroatoms. The van der Waals surface area contributed by atoms with Gasteiger partial charge in [-0.1, -0.05) is 10.3 Å². The Bertz CT molecular complexity index is 756. The number of hydrogen-bond acceptors (Lipinski definition) is 8. The number of pyridine rings is 1. The summed E-state index contributed by atoms with van der Waals surface area (Å²) < 4.78 is 39.7.